The first-order chi connectivity index (χ1) is 16.2. The van der Waals surface area contributed by atoms with E-state index in [0.717, 1.165) is 62.5 Å². The molecule has 4 atom stereocenters. The first-order valence-corrected chi connectivity index (χ1v) is 13.1. The lowest BCUT2D eigenvalue weighted by Crippen LogP contribution is -2.59. The molecule has 6 rings (SSSR count). The Morgan fingerprint density at radius 3 is 2.73 bits per heavy atom. The standard InChI is InChI=1S/C25H35N5O2S/c1-32-24-5-3-2-4-23(24)29-11-9-28(10-12-29)16-20-17-30-8-6-19(20)14-22(30)15-26-25(31)27-21-7-13-33-18-21/h2-5,7,13,18-20,22H,6,8-12,14-17H2,1H3,(H2,26,27,31)/t19-,20+,22+/m0/s1. The quantitative estimate of drug-likeness (QED) is 0.651. The maximum atomic E-state index is 12.2. The van der Waals surface area contributed by atoms with Gasteiger partial charge in [0.25, 0.3) is 0 Å². The van der Waals surface area contributed by atoms with Crippen molar-refractivity contribution in [3.8, 4) is 5.75 Å². The van der Waals surface area contributed by atoms with Gasteiger partial charge in [-0.15, -0.1) is 0 Å². The number of hydrogen-bond donors (Lipinski definition) is 2. The molecule has 1 aromatic heterocycles. The molecule has 8 heteroatoms. The number of thiophene rings is 1. The second-order valence-electron chi connectivity index (χ2n) is 9.50. The number of methoxy groups -OCH3 is 1. The SMILES string of the molecule is COc1ccccc1N1CCN(C[C@@H]2CN3CC[C@H]2C[C@@H]3CNC(=O)Nc2ccsc2)CC1. The zero-order valence-electron chi connectivity index (χ0n) is 19.4. The van der Waals surface area contributed by atoms with Crippen LogP contribution in [0, 0.1) is 11.8 Å². The van der Waals surface area contributed by atoms with E-state index in [2.05, 4.69) is 37.5 Å². The first kappa shape index (κ1) is 22.5. The van der Waals surface area contributed by atoms with Crippen LogP contribution in [0.25, 0.3) is 0 Å². The first-order valence-electron chi connectivity index (χ1n) is 12.1. The van der Waals surface area contributed by atoms with Crippen LogP contribution in [0.1, 0.15) is 12.8 Å². The Labute approximate surface area is 200 Å². The van der Waals surface area contributed by atoms with E-state index < -0.39 is 0 Å². The fourth-order valence-corrected chi connectivity index (χ4v) is 6.37. The van der Waals surface area contributed by atoms with Crippen LogP contribution in [0.4, 0.5) is 16.2 Å². The van der Waals surface area contributed by atoms with E-state index in [-0.39, 0.29) is 6.03 Å². The molecule has 0 saturated carbocycles. The Balaban J connectivity index is 1.07. The maximum absolute atomic E-state index is 12.2. The molecule has 1 aromatic carbocycles. The molecular weight excluding hydrogens is 434 g/mol. The number of nitrogens with zero attached hydrogens (tertiary/aromatic N) is 3. The Morgan fingerprint density at radius 2 is 2.00 bits per heavy atom. The number of piperidine rings is 3. The summed E-state index contributed by atoms with van der Waals surface area (Å²) in [7, 11) is 1.75. The molecule has 2 aromatic rings. The van der Waals surface area contributed by atoms with Crippen molar-refractivity contribution in [1.82, 2.24) is 15.1 Å². The van der Waals surface area contributed by atoms with E-state index in [1.54, 1.807) is 18.4 Å². The van der Waals surface area contributed by atoms with Gasteiger partial charge in [0, 0.05) is 57.2 Å². The summed E-state index contributed by atoms with van der Waals surface area (Å²) in [4.78, 5) is 19.9. The largest absolute Gasteiger partial charge is 0.495 e. The predicted molar refractivity (Wildman–Crippen MR) is 135 cm³/mol. The lowest BCUT2D eigenvalue weighted by Gasteiger charge is -2.51. The van der Waals surface area contributed by atoms with Gasteiger partial charge >= 0.3 is 6.03 Å². The average Bonchev–Trinajstić information content (AvgIpc) is 3.37. The van der Waals surface area contributed by atoms with Gasteiger partial charge in [0.15, 0.2) is 0 Å². The number of ether oxygens (including phenoxy) is 1. The van der Waals surface area contributed by atoms with Crippen molar-refractivity contribution in [3.05, 3.63) is 41.1 Å². The van der Waals surface area contributed by atoms with E-state index in [4.69, 9.17) is 4.74 Å². The van der Waals surface area contributed by atoms with Gasteiger partial charge in [-0.05, 0) is 54.8 Å². The summed E-state index contributed by atoms with van der Waals surface area (Å²) >= 11 is 1.59. The van der Waals surface area contributed by atoms with Crippen molar-refractivity contribution >= 4 is 28.7 Å². The van der Waals surface area contributed by atoms with E-state index in [1.165, 1.54) is 31.6 Å². The predicted octanol–water partition coefficient (Wildman–Crippen LogP) is 3.41. The van der Waals surface area contributed by atoms with E-state index in [1.807, 2.05) is 29.0 Å². The molecule has 0 aliphatic carbocycles. The van der Waals surface area contributed by atoms with Gasteiger partial charge in [0.1, 0.15) is 5.75 Å². The fraction of sp³-hybridized carbons (Fsp3) is 0.560. The fourth-order valence-electron chi connectivity index (χ4n) is 5.78. The molecule has 33 heavy (non-hydrogen) atoms. The van der Waals surface area contributed by atoms with E-state index >= 15 is 0 Å². The summed E-state index contributed by atoms with van der Waals surface area (Å²) in [6, 6.07) is 10.6. The smallest absolute Gasteiger partial charge is 0.319 e. The maximum Gasteiger partial charge on any atom is 0.319 e. The van der Waals surface area contributed by atoms with Crippen molar-refractivity contribution in [1.29, 1.82) is 0 Å². The molecule has 4 saturated heterocycles. The number of urea groups is 1. The third kappa shape index (κ3) is 5.28. The highest BCUT2D eigenvalue weighted by Crippen LogP contribution is 2.37. The molecular formula is C25H35N5O2S. The third-order valence-corrected chi connectivity index (χ3v) is 8.27. The lowest BCUT2D eigenvalue weighted by molar-refractivity contribution is -0.0114. The number of carbonyl (C=O) groups excluding carboxylic acids is 1. The number of amides is 2. The molecule has 4 aliphatic rings. The summed E-state index contributed by atoms with van der Waals surface area (Å²) in [5, 5.41) is 9.93. The molecule has 0 spiro atoms. The number of nitrogens with one attached hydrogen (secondary N) is 2. The third-order valence-electron chi connectivity index (χ3n) is 7.58. The minimum absolute atomic E-state index is 0.0967. The number of carbonyl (C=O) groups is 1. The number of para-hydroxylation sites is 2. The van der Waals surface area contributed by atoms with Crippen LogP contribution in [0.5, 0.6) is 5.75 Å². The van der Waals surface area contributed by atoms with Crippen molar-refractivity contribution < 1.29 is 9.53 Å². The van der Waals surface area contributed by atoms with Crippen LogP contribution in [0.15, 0.2) is 41.1 Å². The van der Waals surface area contributed by atoms with Crippen LogP contribution >= 0.6 is 11.3 Å². The zero-order chi connectivity index (χ0) is 22.6. The Kier molecular flexibility index (Phi) is 7.04. The normalized spacial score (nSPS) is 27.4. The van der Waals surface area contributed by atoms with Gasteiger partial charge in [-0.3, -0.25) is 9.80 Å². The molecule has 178 valence electrons. The molecule has 2 N–H and O–H groups in total. The van der Waals surface area contributed by atoms with Crippen LogP contribution < -0.4 is 20.3 Å². The topological polar surface area (TPSA) is 60.1 Å². The van der Waals surface area contributed by atoms with Gasteiger partial charge in [-0.2, -0.15) is 11.3 Å². The number of piperazine rings is 1. The number of anilines is 2. The van der Waals surface area contributed by atoms with Crippen molar-refractivity contribution in [2.75, 3.05) is 69.7 Å². The van der Waals surface area contributed by atoms with Gasteiger partial charge < -0.3 is 20.3 Å². The van der Waals surface area contributed by atoms with Crippen LogP contribution in [0.3, 0.4) is 0 Å². The minimum Gasteiger partial charge on any atom is -0.495 e. The summed E-state index contributed by atoms with van der Waals surface area (Å²) in [6.07, 6.45) is 2.49. The Morgan fingerprint density at radius 1 is 1.15 bits per heavy atom. The second-order valence-corrected chi connectivity index (χ2v) is 10.3. The van der Waals surface area contributed by atoms with Crippen LogP contribution in [-0.2, 0) is 0 Å². The monoisotopic (exact) mass is 469 g/mol. The van der Waals surface area contributed by atoms with E-state index in [9.17, 15) is 4.79 Å². The molecule has 0 radical (unpaired) electrons. The Hall–Kier alpha value is -2.29. The molecule has 4 aliphatic heterocycles. The molecule has 7 nitrogen and oxygen atoms in total. The number of fused-ring (bicyclic) bond motifs is 3. The van der Waals surface area contributed by atoms with Crippen molar-refractivity contribution in [3.63, 3.8) is 0 Å². The highest BCUT2D eigenvalue weighted by atomic mass is 32.1. The van der Waals surface area contributed by atoms with Crippen molar-refractivity contribution in [2.45, 2.75) is 18.9 Å². The van der Waals surface area contributed by atoms with Crippen molar-refractivity contribution in [2.24, 2.45) is 11.8 Å². The van der Waals surface area contributed by atoms with Crippen LogP contribution in [-0.4, -0.2) is 81.3 Å². The Bertz CT molecular complexity index is 915. The molecule has 2 amide bonds. The molecule has 2 bridgehead atoms. The highest BCUT2D eigenvalue weighted by Gasteiger charge is 2.40. The van der Waals surface area contributed by atoms with Gasteiger partial charge in [-0.25, -0.2) is 4.79 Å². The van der Waals surface area contributed by atoms with E-state index in [0.29, 0.717) is 6.04 Å². The summed E-state index contributed by atoms with van der Waals surface area (Å²) in [6.45, 7) is 8.57. The summed E-state index contributed by atoms with van der Waals surface area (Å²) in [5.41, 5.74) is 2.08. The van der Waals surface area contributed by atoms with Gasteiger partial charge in [-0.1, -0.05) is 12.1 Å². The van der Waals surface area contributed by atoms with Gasteiger partial charge in [0.2, 0.25) is 0 Å². The summed E-state index contributed by atoms with van der Waals surface area (Å²) in [5.74, 6) is 2.48. The summed E-state index contributed by atoms with van der Waals surface area (Å²) < 4.78 is 5.56. The lowest BCUT2D eigenvalue weighted by atomic mass is 9.75. The molecule has 5 heterocycles. The zero-order valence-corrected chi connectivity index (χ0v) is 20.2. The van der Waals surface area contributed by atoms with Crippen LogP contribution in [0.2, 0.25) is 0 Å². The van der Waals surface area contributed by atoms with Gasteiger partial charge in [0.05, 0.1) is 18.5 Å². The number of hydrogen-bond acceptors (Lipinski definition) is 6. The molecule has 1 unspecified atom stereocenters. The highest BCUT2D eigenvalue weighted by molar-refractivity contribution is 7.08. The number of rotatable bonds is 7. The number of benzene rings is 1. The second kappa shape index (κ2) is 10.3. The molecule has 4 fully saturated rings. The minimum atomic E-state index is -0.0967. The average molecular weight is 470 g/mol.